The van der Waals surface area contributed by atoms with Crippen LogP contribution in [-0.4, -0.2) is 19.0 Å². The van der Waals surface area contributed by atoms with Crippen LogP contribution < -0.4 is 11.1 Å². The molecule has 0 fully saturated rings. The van der Waals surface area contributed by atoms with E-state index in [0.29, 0.717) is 23.0 Å². The Bertz CT molecular complexity index is 314. The van der Waals surface area contributed by atoms with Crippen molar-refractivity contribution in [3.8, 4) is 0 Å². The molecular formula is C8H12Cl2N2OS. The Morgan fingerprint density at radius 2 is 2.36 bits per heavy atom. The number of hydrogen-bond donors (Lipinski definition) is 2. The number of nitrogens with one attached hydrogen (secondary N) is 1. The number of carbonyl (C=O) groups is 1. The van der Waals surface area contributed by atoms with E-state index >= 15 is 0 Å². The Hall–Kier alpha value is -0.290. The number of carbonyl (C=O) groups excluding carboxylic acids is 1. The fourth-order valence-electron chi connectivity index (χ4n) is 0.849. The molecule has 0 bridgehead atoms. The normalized spacial score (nSPS) is 9.36. The van der Waals surface area contributed by atoms with E-state index in [9.17, 15) is 4.79 Å². The largest absolute Gasteiger partial charge is 0.350 e. The van der Waals surface area contributed by atoms with Gasteiger partial charge in [0.25, 0.3) is 5.91 Å². The summed E-state index contributed by atoms with van der Waals surface area (Å²) in [5.74, 6) is -0.145. The van der Waals surface area contributed by atoms with Gasteiger partial charge in [0.05, 0.1) is 5.02 Å². The molecule has 14 heavy (non-hydrogen) atoms. The predicted octanol–water partition coefficient (Wildman–Crippen LogP) is 1.82. The molecule has 0 aromatic carbocycles. The van der Waals surface area contributed by atoms with Crippen LogP contribution in [0.25, 0.3) is 0 Å². The molecule has 1 aromatic rings. The van der Waals surface area contributed by atoms with Gasteiger partial charge in [-0.1, -0.05) is 11.6 Å². The van der Waals surface area contributed by atoms with Crippen molar-refractivity contribution in [1.29, 1.82) is 0 Å². The molecule has 0 saturated heterocycles. The highest BCUT2D eigenvalue weighted by molar-refractivity contribution is 7.13. The number of amides is 1. The van der Waals surface area contributed by atoms with E-state index in [-0.39, 0.29) is 18.3 Å². The molecule has 0 saturated carbocycles. The number of rotatable bonds is 3. The topological polar surface area (TPSA) is 55.1 Å². The van der Waals surface area contributed by atoms with Crippen molar-refractivity contribution >= 4 is 41.3 Å². The van der Waals surface area contributed by atoms with Gasteiger partial charge in [-0.05, 0) is 17.9 Å². The van der Waals surface area contributed by atoms with Crippen LogP contribution in [0.5, 0.6) is 0 Å². The van der Waals surface area contributed by atoms with Crippen LogP contribution in [0.15, 0.2) is 5.38 Å². The minimum atomic E-state index is -0.145. The highest BCUT2D eigenvalue weighted by Crippen LogP contribution is 2.26. The van der Waals surface area contributed by atoms with Crippen LogP contribution in [0.1, 0.15) is 15.2 Å². The van der Waals surface area contributed by atoms with Crippen molar-refractivity contribution < 1.29 is 4.79 Å². The Balaban J connectivity index is 0.00000169. The zero-order valence-corrected chi connectivity index (χ0v) is 10.1. The van der Waals surface area contributed by atoms with Gasteiger partial charge < -0.3 is 11.1 Å². The second-order valence-corrected chi connectivity index (χ2v) is 3.86. The first-order valence-corrected chi connectivity index (χ1v) is 5.14. The van der Waals surface area contributed by atoms with Crippen LogP contribution in [-0.2, 0) is 0 Å². The first-order chi connectivity index (χ1) is 6.16. The van der Waals surface area contributed by atoms with Gasteiger partial charge in [0, 0.05) is 13.1 Å². The lowest BCUT2D eigenvalue weighted by molar-refractivity contribution is 0.0959. The Kier molecular flexibility index (Phi) is 6.11. The number of thiophene rings is 1. The quantitative estimate of drug-likeness (QED) is 0.865. The summed E-state index contributed by atoms with van der Waals surface area (Å²) in [5, 5.41) is 5.07. The lowest BCUT2D eigenvalue weighted by Crippen LogP contribution is -2.28. The summed E-state index contributed by atoms with van der Waals surface area (Å²) in [7, 11) is 0. The number of nitrogens with two attached hydrogens (primary N) is 1. The molecule has 0 radical (unpaired) electrons. The fraction of sp³-hybridized carbons (Fsp3) is 0.375. The summed E-state index contributed by atoms with van der Waals surface area (Å²) in [5.41, 5.74) is 6.19. The highest BCUT2D eigenvalue weighted by Gasteiger charge is 2.13. The minimum absolute atomic E-state index is 0. The van der Waals surface area contributed by atoms with Crippen molar-refractivity contribution in [3.63, 3.8) is 0 Å². The monoisotopic (exact) mass is 254 g/mol. The van der Waals surface area contributed by atoms with Crippen molar-refractivity contribution in [1.82, 2.24) is 5.32 Å². The molecule has 3 N–H and O–H groups in total. The smallest absolute Gasteiger partial charge is 0.262 e. The van der Waals surface area contributed by atoms with E-state index < -0.39 is 0 Å². The van der Waals surface area contributed by atoms with Crippen LogP contribution >= 0.6 is 35.3 Å². The summed E-state index contributed by atoms with van der Waals surface area (Å²) in [6.45, 7) is 2.79. The molecule has 1 heterocycles. The second-order valence-electron chi connectivity index (χ2n) is 2.61. The lowest BCUT2D eigenvalue weighted by Gasteiger charge is -2.00. The van der Waals surface area contributed by atoms with Gasteiger partial charge in [-0.2, -0.15) is 0 Å². The summed E-state index contributed by atoms with van der Waals surface area (Å²) in [4.78, 5) is 12.0. The van der Waals surface area contributed by atoms with E-state index in [1.165, 1.54) is 11.3 Å². The van der Waals surface area contributed by atoms with Crippen LogP contribution in [0.2, 0.25) is 5.02 Å². The Labute approximate surface area is 98.0 Å². The molecule has 1 aromatic heterocycles. The molecular weight excluding hydrogens is 243 g/mol. The van der Waals surface area contributed by atoms with Crippen molar-refractivity contribution in [2.75, 3.05) is 13.1 Å². The van der Waals surface area contributed by atoms with Crippen molar-refractivity contribution in [2.24, 2.45) is 5.73 Å². The van der Waals surface area contributed by atoms with Gasteiger partial charge in [-0.3, -0.25) is 4.79 Å². The number of aryl methyl sites for hydroxylation is 1. The maximum absolute atomic E-state index is 11.4. The SMILES string of the molecule is Cc1csc(C(=O)NCCN)c1Cl.Cl. The maximum Gasteiger partial charge on any atom is 0.262 e. The summed E-state index contributed by atoms with van der Waals surface area (Å²) in [6, 6.07) is 0. The van der Waals surface area contributed by atoms with Gasteiger partial charge in [0.2, 0.25) is 0 Å². The highest BCUT2D eigenvalue weighted by atomic mass is 35.5. The van der Waals surface area contributed by atoms with Gasteiger partial charge in [-0.15, -0.1) is 23.7 Å². The van der Waals surface area contributed by atoms with E-state index in [4.69, 9.17) is 17.3 Å². The molecule has 0 atom stereocenters. The zero-order chi connectivity index (χ0) is 9.84. The van der Waals surface area contributed by atoms with Crippen LogP contribution in [0, 0.1) is 6.92 Å². The minimum Gasteiger partial charge on any atom is -0.350 e. The van der Waals surface area contributed by atoms with Crippen LogP contribution in [0.3, 0.4) is 0 Å². The van der Waals surface area contributed by atoms with E-state index in [2.05, 4.69) is 5.32 Å². The molecule has 1 amide bonds. The van der Waals surface area contributed by atoms with Gasteiger partial charge in [-0.25, -0.2) is 0 Å². The zero-order valence-electron chi connectivity index (χ0n) is 7.67. The van der Waals surface area contributed by atoms with E-state index in [1.54, 1.807) is 0 Å². The van der Waals surface area contributed by atoms with Gasteiger partial charge in [0.1, 0.15) is 4.88 Å². The Morgan fingerprint density at radius 1 is 1.71 bits per heavy atom. The summed E-state index contributed by atoms with van der Waals surface area (Å²) < 4.78 is 0. The van der Waals surface area contributed by atoms with Gasteiger partial charge in [0.15, 0.2) is 0 Å². The lowest BCUT2D eigenvalue weighted by atomic mass is 10.3. The average molecular weight is 255 g/mol. The Morgan fingerprint density at radius 3 is 2.79 bits per heavy atom. The first kappa shape index (κ1) is 13.7. The molecule has 0 spiro atoms. The molecule has 0 aliphatic carbocycles. The standard InChI is InChI=1S/C8H11ClN2OS.ClH/c1-5-4-13-7(6(5)9)8(12)11-3-2-10;/h4H,2-3,10H2,1H3,(H,11,12);1H. The third kappa shape index (κ3) is 3.13. The van der Waals surface area contributed by atoms with Crippen molar-refractivity contribution in [2.45, 2.75) is 6.92 Å². The molecule has 1 rings (SSSR count). The fourth-order valence-corrected chi connectivity index (χ4v) is 2.04. The molecule has 0 unspecified atom stereocenters. The van der Waals surface area contributed by atoms with Gasteiger partial charge >= 0.3 is 0 Å². The molecule has 3 nitrogen and oxygen atoms in total. The average Bonchev–Trinajstić information content (AvgIpc) is 2.44. The molecule has 0 aliphatic heterocycles. The third-order valence-corrected chi connectivity index (χ3v) is 3.23. The first-order valence-electron chi connectivity index (χ1n) is 3.88. The molecule has 6 heteroatoms. The third-order valence-electron chi connectivity index (χ3n) is 1.54. The van der Waals surface area contributed by atoms with E-state index in [1.807, 2.05) is 12.3 Å². The maximum atomic E-state index is 11.4. The second kappa shape index (κ2) is 6.24. The molecule has 80 valence electrons. The predicted molar refractivity (Wildman–Crippen MR) is 62.7 cm³/mol. The van der Waals surface area contributed by atoms with Crippen LogP contribution in [0.4, 0.5) is 0 Å². The number of halogens is 2. The van der Waals surface area contributed by atoms with Crippen molar-refractivity contribution in [3.05, 3.63) is 20.8 Å². The van der Waals surface area contributed by atoms with E-state index in [0.717, 1.165) is 5.56 Å². The summed E-state index contributed by atoms with van der Waals surface area (Å²) >= 11 is 7.25. The molecule has 0 aliphatic rings. The number of hydrogen-bond acceptors (Lipinski definition) is 3. The summed E-state index contributed by atoms with van der Waals surface area (Å²) in [6.07, 6.45) is 0.